The molecule has 1 aliphatic carbocycles. The van der Waals surface area contributed by atoms with E-state index in [-0.39, 0.29) is 0 Å². The van der Waals surface area contributed by atoms with Crippen molar-refractivity contribution in [1.82, 2.24) is 5.32 Å². The van der Waals surface area contributed by atoms with Crippen LogP contribution in [0.3, 0.4) is 0 Å². The van der Waals surface area contributed by atoms with Gasteiger partial charge in [-0.3, -0.25) is 0 Å². The molecule has 0 aromatic heterocycles. The number of hydrogen-bond acceptors (Lipinski definition) is 1. The highest BCUT2D eigenvalue weighted by molar-refractivity contribution is 5.83. The van der Waals surface area contributed by atoms with E-state index in [2.05, 4.69) is 60.8 Å². The predicted molar refractivity (Wildman–Crippen MR) is 86.9 cm³/mol. The first-order valence-corrected chi connectivity index (χ1v) is 7.73. The largest absolute Gasteiger partial charge is 0.310 e. The van der Waals surface area contributed by atoms with Crippen molar-refractivity contribution in [3.8, 4) is 0 Å². The second-order valence-corrected chi connectivity index (χ2v) is 5.79. The SMILES string of the molecule is CC(NCCC1=CCCC1)c1ccc2ccccc2c1. The first kappa shape index (κ1) is 13.4. The van der Waals surface area contributed by atoms with E-state index in [9.17, 15) is 0 Å². The Kier molecular flexibility index (Phi) is 4.17. The van der Waals surface area contributed by atoms with Crippen LogP contribution in [0.2, 0.25) is 0 Å². The van der Waals surface area contributed by atoms with Crippen molar-refractivity contribution in [3.63, 3.8) is 0 Å². The molecule has 0 bridgehead atoms. The van der Waals surface area contributed by atoms with E-state index in [1.165, 1.54) is 42.0 Å². The minimum Gasteiger partial charge on any atom is -0.310 e. The highest BCUT2D eigenvalue weighted by atomic mass is 14.9. The summed E-state index contributed by atoms with van der Waals surface area (Å²) in [5.41, 5.74) is 3.02. The molecule has 2 aromatic carbocycles. The van der Waals surface area contributed by atoms with Crippen LogP contribution < -0.4 is 5.32 Å². The van der Waals surface area contributed by atoms with E-state index < -0.39 is 0 Å². The zero-order valence-electron chi connectivity index (χ0n) is 12.2. The molecule has 0 radical (unpaired) electrons. The Morgan fingerprint density at radius 2 is 1.95 bits per heavy atom. The van der Waals surface area contributed by atoms with Crippen LogP contribution in [0.4, 0.5) is 0 Å². The topological polar surface area (TPSA) is 12.0 Å². The van der Waals surface area contributed by atoms with Gasteiger partial charge in [-0.15, -0.1) is 0 Å². The summed E-state index contributed by atoms with van der Waals surface area (Å²) < 4.78 is 0. The lowest BCUT2D eigenvalue weighted by Gasteiger charge is -2.15. The van der Waals surface area contributed by atoms with Crippen molar-refractivity contribution in [1.29, 1.82) is 0 Å². The molecule has 0 fully saturated rings. The van der Waals surface area contributed by atoms with Crippen LogP contribution in [0.1, 0.15) is 44.2 Å². The summed E-state index contributed by atoms with van der Waals surface area (Å²) in [7, 11) is 0. The van der Waals surface area contributed by atoms with Crippen LogP contribution in [0.5, 0.6) is 0 Å². The monoisotopic (exact) mass is 265 g/mol. The average Bonchev–Trinajstić information content (AvgIpc) is 3.00. The summed E-state index contributed by atoms with van der Waals surface area (Å²) in [5.74, 6) is 0. The van der Waals surface area contributed by atoms with E-state index in [4.69, 9.17) is 0 Å². The van der Waals surface area contributed by atoms with Gasteiger partial charge in [0.2, 0.25) is 0 Å². The molecule has 0 saturated heterocycles. The van der Waals surface area contributed by atoms with Crippen molar-refractivity contribution < 1.29 is 0 Å². The number of hydrogen-bond donors (Lipinski definition) is 1. The second kappa shape index (κ2) is 6.23. The summed E-state index contributed by atoms with van der Waals surface area (Å²) in [6.07, 6.45) is 7.58. The van der Waals surface area contributed by atoms with Gasteiger partial charge in [0.25, 0.3) is 0 Å². The Morgan fingerprint density at radius 3 is 2.75 bits per heavy atom. The number of allylic oxidation sites excluding steroid dienone is 1. The molecule has 3 rings (SSSR count). The molecule has 1 atom stereocenters. The lowest BCUT2D eigenvalue weighted by Crippen LogP contribution is -2.20. The number of nitrogens with one attached hydrogen (secondary N) is 1. The van der Waals surface area contributed by atoms with Gasteiger partial charge in [-0.1, -0.05) is 48.0 Å². The maximum absolute atomic E-state index is 3.65. The normalized spacial score (nSPS) is 16.4. The van der Waals surface area contributed by atoms with Gasteiger partial charge in [-0.2, -0.15) is 0 Å². The van der Waals surface area contributed by atoms with Gasteiger partial charge in [0.15, 0.2) is 0 Å². The fourth-order valence-corrected chi connectivity index (χ4v) is 3.01. The number of rotatable bonds is 5. The van der Waals surface area contributed by atoms with E-state index in [1.807, 2.05) is 0 Å². The third-order valence-corrected chi connectivity index (χ3v) is 4.31. The van der Waals surface area contributed by atoms with Crippen LogP contribution in [-0.4, -0.2) is 6.54 Å². The van der Waals surface area contributed by atoms with Crippen LogP contribution >= 0.6 is 0 Å². The number of benzene rings is 2. The predicted octanol–water partition coefficient (Wildman–Crippen LogP) is 4.99. The van der Waals surface area contributed by atoms with Crippen LogP contribution in [0.25, 0.3) is 10.8 Å². The van der Waals surface area contributed by atoms with Crippen LogP contribution in [0.15, 0.2) is 54.1 Å². The van der Waals surface area contributed by atoms with Gasteiger partial charge in [0.05, 0.1) is 0 Å². The summed E-state index contributed by atoms with van der Waals surface area (Å²) >= 11 is 0. The Morgan fingerprint density at radius 1 is 1.10 bits per heavy atom. The molecule has 1 heteroatoms. The van der Waals surface area contributed by atoms with E-state index >= 15 is 0 Å². The molecule has 0 spiro atoms. The zero-order chi connectivity index (χ0) is 13.8. The number of fused-ring (bicyclic) bond motifs is 1. The highest BCUT2D eigenvalue weighted by Gasteiger charge is 2.07. The van der Waals surface area contributed by atoms with Gasteiger partial charge in [0, 0.05) is 6.04 Å². The zero-order valence-corrected chi connectivity index (χ0v) is 12.2. The standard InChI is InChI=1S/C19H23N/c1-15(20-13-12-16-6-2-3-7-16)18-11-10-17-8-4-5-9-19(17)14-18/h4-6,8-11,14-15,20H,2-3,7,12-13H2,1H3. The second-order valence-electron chi connectivity index (χ2n) is 5.79. The smallest absolute Gasteiger partial charge is 0.0292 e. The quantitative estimate of drug-likeness (QED) is 0.751. The molecule has 0 heterocycles. The van der Waals surface area contributed by atoms with Crippen molar-refractivity contribution in [2.75, 3.05) is 6.54 Å². The summed E-state index contributed by atoms with van der Waals surface area (Å²) in [6.45, 7) is 3.34. The molecule has 1 N–H and O–H groups in total. The molecular weight excluding hydrogens is 242 g/mol. The molecule has 1 unspecified atom stereocenters. The van der Waals surface area contributed by atoms with Gasteiger partial charge in [-0.05, 0) is 61.6 Å². The lowest BCUT2D eigenvalue weighted by atomic mass is 10.0. The van der Waals surface area contributed by atoms with Crippen LogP contribution in [0, 0.1) is 0 Å². The van der Waals surface area contributed by atoms with E-state index in [1.54, 1.807) is 5.57 Å². The molecule has 1 aliphatic rings. The average molecular weight is 265 g/mol. The fraction of sp³-hybridized carbons (Fsp3) is 0.368. The van der Waals surface area contributed by atoms with Crippen molar-refractivity contribution in [3.05, 3.63) is 59.7 Å². The molecule has 0 amide bonds. The Balaban J connectivity index is 1.61. The fourth-order valence-electron chi connectivity index (χ4n) is 3.01. The summed E-state index contributed by atoms with van der Waals surface area (Å²) in [5, 5.41) is 6.30. The Bertz CT molecular complexity index is 612. The highest BCUT2D eigenvalue weighted by Crippen LogP contribution is 2.22. The van der Waals surface area contributed by atoms with Crippen molar-refractivity contribution in [2.24, 2.45) is 0 Å². The molecule has 20 heavy (non-hydrogen) atoms. The Hall–Kier alpha value is -1.60. The Labute approximate surface area is 121 Å². The first-order chi connectivity index (χ1) is 9.83. The molecule has 1 nitrogen and oxygen atoms in total. The maximum Gasteiger partial charge on any atom is 0.0292 e. The maximum atomic E-state index is 3.65. The minimum absolute atomic E-state index is 0.418. The van der Waals surface area contributed by atoms with Crippen molar-refractivity contribution in [2.45, 2.75) is 38.6 Å². The molecule has 104 valence electrons. The third-order valence-electron chi connectivity index (χ3n) is 4.31. The van der Waals surface area contributed by atoms with E-state index in [0.29, 0.717) is 6.04 Å². The van der Waals surface area contributed by atoms with Gasteiger partial charge in [-0.25, -0.2) is 0 Å². The van der Waals surface area contributed by atoms with E-state index in [0.717, 1.165) is 6.54 Å². The van der Waals surface area contributed by atoms with Gasteiger partial charge < -0.3 is 5.32 Å². The summed E-state index contributed by atoms with van der Waals surface area (Å²) in [4.78, 5) is 0. The lowest BCUT2D eigenvalue weighted by molar-refractivity contribution is 0.573. The summed E-state index contributed by atoms with van der Waals surface area (Å²) in [6, 6.07) is 15.8. The molecular formula is C19H23N. The first-order valence-electron chi connectivity index (χ1n) is 7.73. The molecule has 0 saturated carbocycles. The minimum atomic E-state index is 0.418. The van der Waals surface area contributed by atoms with Gasteiger partial charge in [0.1, 0.15) is 0 Å². The molecule has 0 aliphatic heterocycles. The molecule has 2 aromatic rings. The van der Waals surface area contributed by atoms with Crippen LogP contribution in [-0.2, 0) is 0 Å². The van der Waals surface area contributed by atoms with Gasteiger partial charge >= 0.3 is 0 Å². The van der Waals surface area contributed by atoms with Crippen molar-refractivity contribution >= 4 is 10.8 Å². The third kappa shape index (κ3) is 3.10.